The number of fused-ring (bicyclic) bond motifs is 5. The fourth-order valence-corrected chi connectivity index (χ4v) is 7.07. The Morgan fingerprint density at radius 3 is 1.44 bits per heavy atom. The third kappa shape index (κ3) is 4.17. The van der Waals surface area contributed by atoms with Crippen LogP contribution < -0.4 is 0 Å². The van der Waals surface area contributed by atoms with E-state index in [1.807, 2.05) is 12.1 Å². The summed E-state index contributed by atoms with van der Waals surface area (Å²) >= 11 is 0. The summed E-state index contributed by atoms with van der Waals surface area (Å²) in [6, 6.07) is 61.0. The maximum absolute atomic E-state index is 6.23. The van der Waals surface area contributed by atoms with Crippen LogP contribution in [-0.2, 0) is 0 Å². The summed E-state index contributed by atoms with van der Waals surface area (Å²) in [5, 5.41) is 7.32. The van der Waals surface area contributed by atoms with Gasteiger partial charge in [-0.3, -0.25) is 0 Å². The van der Waals surface area contributed by atoms with Crippen LogP contribution >= 0.6 is 0 Å². The minimum absolute atomic E-state index is 0.914. The highest BCUT2D eigenvalue weighted by Crippen LogP contribution is 2.45. The fraction of sp³-hybridized carbons (Fsp3) is 0. The largest absolute Gasteiger partial charge is 0.456 e. The minimum atomic E-state index is 0.914. The summed E-state index contributed by atoms with van der Waals surface area (Å²) in [6.07, 6.45) is 0. The molecule has 0 unspecified atom stereocenters. The molecule has 0 N–H and O–H groups in total. The summed E-state index contributed by atoms with van der Waals surface area (Å²) in [4.78, 5) is 0. The first-order chi connectivity index (χ1) is 22.3. The van der Waals surface area contributed by atoms with Gasteiger partial charge in [0.2, 0.25) is 0 Å². The van der Waals surface area contributed by atoms with Crippen molar-refractivity contribution < 1.29 is 4.42 Å². The Hall–Kier alpha value is -5.92. The molecule has 1 heterocycles. The predicted molar refractivity (Wildman–Crippen MR) is 190 cm³/mol. The van der Waals surface area contributed by atoms with Gasteiger partial charge in [0.1, 0.15) is 11.2 Å². The van der Waals surface area contributed by atoms with Crippen molar-refractivity contribution in [3.8, 4) is 44.5 Å². The predicted octanol–water partition coefficient (Wildman–Crippen LogP) is 12.6. The van der Waals surface area contributed by atoms with E-state index < -0.39 is 0 Å². The monoisotopic (exact) mass is 572 g/mol. The van der Waals surface area contributed by atoms with Crippen LogP contribution in [0.1, 0.15) is 0 Å². The van der Waals surface area contributed by atoms with Crippen LogP contribution in [-0.4, -0.2) is 0 Å². The zero-order valence-electron chi connectivity index (χ0n) is 24.6. The average molecular weight is 573 g/mol. The molecule has 0 spiro atoms. The third-order valence-electron chi connectivity index (χ3n) is 9.08. The second-order valence-corrected chi connectivity index (χ2v) is 11.6. The first kappa shape index (κ1) is 25.6. The van der Waals surface area contributed by atoms with E-state index >= 15 is 0 Å². The van der Waals surface area contributed by atoms with Gasteiger partial charge >= 0.3 is 0 Å². The molecular weight excluding hydrogens is 544 g/mol. The molecule has 8 aromatic carbocycles. The van der Waals surface area contributed by atoms with Crippen molar-refractivity contribution in [2.45, 2.75) is 0 Å². The summed E-state index contributed by atoms with van der Waals surface area (Å²) in [5.74, 6) is 0. The van der Waals surface area contributed by atoms with Gasteiger partial charge in [-0.25, -0.2) is 0 Å². The summed E-state index contributed by atoms with van der Waals surface area (Å²) < 4.78 is 6.23. The number of para-hydroxylation sites is 1. The molecule has 1 aromatic heterocycles. The maximum atomic E-state index is 6.23. The van der Waals surface area contributed by atoms with Crippen LogP contribution in [0.4, 0.5) is 0 Å². The maximum Gasteiger partial charge on any atom is 0.136 e. The summed E-state index contributed by atoms with van der Waals surface area (Å²) in [6.45, 7) is 0. The molecular formula is C44H28O. The Morgan fingerprint density at radius 1 is 0.289 bits per heavy atom. The zero-order chi connectivity index (χ0) is 29.7. The smallest absolute Gasteiger partial charge is 0.136 e. The summed E-state index contributed by atoms with van der Waals surface area (Å²) in [7, 11) is 0. The van der Waals surface area contributed by atoms with Crippen molar-refractivity contribution >= 4 is 43.5 Å². The van der Waals surface area contributed by atoms with Gasteiger partial charge < -0.3 is 4.42 Å². The lowest BCUT2D eigenvalue weighted by molar-refractivity contribution is 0.669. The Balaban J connectivity index is 1.26. The van der Waals surface area contributed by atoms with Crippen LogP contribution in [0.2, 0.25) is 0 Å². The Bertz CT molecular complexity index is 2460. The van der Waals surface area contributed by atoms with Gasteiger partial charge in [0.15, 0.2) is 0 Å². The molecule has 0 bridgehead atoms. The third-order valence-corrected chi connectivity index (χ3v) is 9.08. The molecule has 0 amide bonds. The van der Waals surface area contributed by atoms with E-state index in [4.69, 9.17) is 4.42 Å². The van der Waals surface area contributed by atoms with E-state index in [2.05, 4.69) is 158 Å². The second kappa shape index (κ2) is 10.4. The van der Waals surface area contributed by atoms with Crippen molar-refractivity contribution in [1.82, 2.24) is 0 Å². The quantitative estimate of drug-likeness (QED) is 0.191. The molecule has 1 nitrogen and oxygen atoms in total. The van der Waals surface area contributed by atoms with E-state index in [9.17, 15) is 0 Å². The number of hydrogen-bond donors (Lipinski definition) is 0. The van der Waals surface area contributed by atoms with E-state index in [-0.39, 0.29) is 0 Å². The van der Waals surface area contributed by atoms with Gasteiger partial charge in [-0.05, 0) is 84.3 Å². The highest BCUT2D eigenvalue weighted by atomic mass is 16.3. The molecule has 9 rings (SSSR count). The number of benzene rings is 8. The second-order valence-electron chi connectivity index (χ2n) is 11.6. The van der Waals surface area contributed by atoms with Gasteiger partial charge in [0.25, 0.3) is 0 Å². The van der Waals surface area contributed by atoms with Gasteiger partial charge in [0.05, 0.1) is 0 Å². The van der Waals surface area contributed by atoms with Crippen molar-refractivity contribution in [1.29, 1.82) is 0 Å². The molecule has 0 aliphatic carbocycles. The minimum Gasteiger partial charge on any atom is -0.456 e. The van der Waals surface area contributed by atoms with Gasteiger partial charge in [-0.1, -0.05) is 152 Å². The molecule has 0 atom stereocenters. The van der Waals surface area contributed by atoms with Crippen LogP contribution in [0.3, 0.4) is 0 Å². The Labute approximate surface area is 261 Å². The molecule has 210 valence electrons. The van der Waals surface area contributed by atoms with Crippen molar-refractivity contribution in [3.63, 3.8) is 0 Å². The van der Waals surface area contributed by atoms with Crippen molar-refractivity contribution in [2.75, 3.05) is 0 Å². The van der Waals surface area contributed by atoms with E-state index in [0.29, 0.717) is 0 Å². The number of hydrogen-bond acceptors (Lipinski definition) is 1. The molecule has 0 aliphatic heterocycles. The normalized spacial score (nSPS) is 11.6. The van der Waals surface area contributed by atoms with Crippen LogP contribution in [0, 0.1) is 0 Å². The van der Waals surface area contributed by atoms with Crippen molar-refractivity contribution in [2.24, 2.45) is 0 Å². The fourth-order valence-electron chi connectivity index (χ4n) is 7.07. The van der Waals surface area contributed by atoms with Gasteiger partial charge in [0, 0.05) is 10.8 Å². The molecule has 0 radical (unpaired) electrons. The lowest BCUT2D eigenvalue weighted by atomic mass is 9.85. The van der Waals surface area contributed by atoms with Crippen molar-refractivity contribution in [3.05, 3.63) is 170 Å². The highest BCUT2D eigenvalue weighted by molar-refractivity contribution is 6.21. The van der Waals surface area contributed by atoms with Gasteiger partial charge in [-0.15, -0.1) is 0 Å². The highest BCUT2D eigenvalue weighted by Gasteiger charge is 2.18. The molecule has 1 heteroatoms. The number of rotatable bonds is 4. The molecule has 0 fully saturated rings. The lowest BCUT2D eigenvalue weighted by Gasteiger charge is -2.18. The first-order valence-electron chi connectivity index (χ1n) is 15.4. The van der Waals surface area contributed by atoms with E-state index in [1.54, 1.807) is 0 Å². The first-order valence-corrected chi connectivity index (χ1v) is 15.4. The molecule has 45 heavy (non-hydrogen) atoms. The van der Waals surface area contributed by atoms with Crippen LogP contribution in [0.15, 0.2) is 174 Å². The zero-order valence-corrected chi connectivity index (χ0v) is 24.6. The number of furan rings is 1. The van der Waals surface area contributed by atoms with Gasteiger partial charge in [-0.2, -0.15) is 0 Å². The average Bonchev–Trinajstić information content (AvgIpc) is 3.50. The standard InChI is InChI=1S/C44H28O/c1-2-12-29(13-3-1)30-24-26-31(27-25-30)42-35-16-4-6-18-37(35)43(38-19-7-5-17-36(38)42)33-15-10-14-32(28-33)34-21-11-23-41-44(34)39-20-8-9-22-40(39)45-41/h1-28H. The SMILES string of the molecule is c1ccc(-c2ccc(-c3c4ccccc4c(-c4cccc(-c5cccc6oc7ccccc7c56)c4)c4ccccc34)cc2)cc1. The topological polar surface area (TPSA) is 13.1 Å². The molecule has 9 aromatic rings. The molecule has 0 saturated carbocycles. The van der Waals surface area contributed by atoms with Crippen LogP contribution in [0.25, 0.3) is 88.0 Å². The lowest BCUT2D eigenvalue weighted by Crippen LogP contribution is -1.91. The van der Waals surface area contributed by atoms with Crippen LogP contribution in [0.5, 0.6) is 0 Å². The van der Waals surface area contributed by atoms with E-state index in [1.165, 1.54) is 66.1 Å². The Kier molecular flexibility index (Phi) is 5.89. The Morgan fingerprint density at radius 2 is 0.756 bits per heavy atom. The summed E-state index contributed by atoms with van der Waals surface area (Å²) in [5.41, 5.74) is 11.6. The van der Waals surface area contributed by atoms with E-state index in [0.717, 1.165) is 21.9 Å². The molecule has 0 aliphatic rings. The molecule has 0 saturated heterocycles.